The van der Waals surface area contributed by atoms with E-state index in [0.29, 0.717) is 18.8 Å². The van der Waals surface area contributed by atoms with Gasteiger partial charge in [0.2, 0.25) is 0 Å². The summed E-state index contributed by atoms with van der Waals surface area (Å²) in [7, 11) is 1.40. The molecular formula is C19H25F3N2O3. The van der Waals surface area contributed by atoms with Gasteiger partial charge in [-0.05, 0) is 25.0 Å². The molecule has 1 aliphatic rings. The minimum atomic E-state index is -4.51. The number of carbonyl (C=O) groups is 1. The normalized spacial score (nSPS) is 14.8. The van der Waals surface area contributed by atoms with Crippen molar-refractivity contribution in [1.29, 1.82) is 0 Å². The standard InChI is InChI=1S/C19H25F3N2O3/c1-26-17(25)9-7-5-3-2-4-6-8-14-27-16-12-10-15(11-13-16)18(23-24-18)19(20,21)22/h10-13H,2-9,14H2,1H3. The number of unbranched alkanes of at least 4 members (excludes halogenated alkanes) is 6. The number of benzene rings is 1. The maximum absolute atomic E-state index is 12.9. The maximum Gasteiger partial charge on any atom is 0.442 e. The van der Waals surface area contributed by atoms with Gasteiger partial charge in [0.25, 0.3) is 0 Å². The van der Waals surface area contributed by atoms with E-state index in [-0.39, 0.29) is 11.5 Å². The van der Waals surface area contributed by atoms with Crippen molar-refractivity contribution in [3.05, 3.63) is 29.8 Å². The molecule has 2 rings (SSSR count). The molecule has 0 radical (unpaired) electrons. The van der Waals surface area contributed by atoms with Crippen LogP contribution in [0.3, 0.4) is 0 Å². The van der Waals surface area contributed by atoms with Crippen LogP contribution in [0.15, 0.2) is 34.5 Å². The number of halogens is 3. The predicted octanol–water partition coefficient (Wildman–Crippen LogP) is 5.54. The third-order valence-corrected chi connectivity index (χ3v) is 4.47. The molecule has 1 heterocycles. The van der Waals surface area contributed by atoms with E-state index in [1.54, 1.807) is 0 Å². The maximum atomic E-state index is 12.9. The lowest BCUT2D eigenvalue weighted by atomic mass is 10.0. The molecule has 0 saturated heterocycles. The van der Waals surface area contributed by atoms with E-state index in [2.05, 4.69) is 15.0 Å². The largest absolute Gasteiger partial charge is 0.494 e. The van der Waals surface area contributed by atoms with Crippen LogP contribution in [0.1, 0.15) is 56.9 Å². The Morgan fingerprint density at radius 1 is 0.963 bits per heavy atom. The molecule has 0 atom stereocenters. The predicted molar refractivity (Wildman–Crippen MR) is 93.5 cm³/mol. The van der Waals surface area contributed by atoms with Gasteiger partial charge in [-0.1, -0.05) is 44.2 Å². The summed E-state index contributed by atoms with van der Waals surface area (Å²) in [5.74, 6) is 0.384. The summed E-state index contributed by atoms with van der Waals surface area (Å²) in [6.07, 6.45) is 3.09. The highest BCUT2D eigenvalue weighted by molar-refractivity contribution is 5.68. The van der Waals surface area contributed by atoms with Crippen LogP contribution in [-0.2, 0) is 15.2 Å². The van der Waals surface area contributed by atoms with Crippen LogP contribution in [0.2, 0.25) is 0 Å². The van der Waals surface area contributed by atoms with E-state index in [4.69, 9.17) is 4.74 Å². The molecule has 1 aliphatic heterocycles. The Balaban J connectivity index is 1.53. The highest BCUT2D eigenvalue weighted by Gasteiger charge is 2.65. The average molecular weight is 386 g/mol. The van der Waals surface area contributed by atoms with E-state index in [1.807, 2.05) is 0 Å². The zero-order valence-corrected chi connectivity index (χ0v) is 15.4. The van der Waals surface area contributed by atoms with Gasteiger partial charge in [-0.3, -0.25) is 4.79 Å². The topological polar surface area (TPSA) is 60.2 Å². The third-order valence-electron chi connectivity index (χ3n) is 4.47. The van der Waals surface area contributed by atoms with E-state index >= 15 is 0 Å². The third kappa shape index (κ3) is 6.22. The summed E-state index contributed by atoms with van der Waals surface area (Å²) in [6, 6.07) is 5.76. The molecule has 0 bridgehead atoms. The molecule has 0 amide bonds. The van der Waals surface area contributed by atoms with E-state index in [1.165, 1.54) is 31.4 Å². The van der Waals surface area contributed by atoms with Crippen LogP contribution < -0.4 is 4.74 Å². The molecule has 0 N–H and O–H groups in total. The van der Waals surface area contributed by atoms with Crippen LogP contribution in [0, 0.1) is 0 Å². The van der Waals surface area contributed by atoms with Gasteiger partial charge < -0.3 is 9.47 Å². The first-order chi connectivity index (χ1) is 12.9. The lowest BCUT2D eigenvalue weighted by Gasteiger charge is -2.15. The van der Waals surface area contributed by atoms with Gasteiger partial charge in [0.15, 0.2) is 0 Å². The first-order valence-corrected chi connectivity index (χ1v) is 9.20. The van der Waals surface area contributed by atoms with Crippen LogP contribution >= 0.6 is 0 Å². The van der Waals surface area contributed by atoms with Crippen LogP contribution in [0.4, 0.5) is 13.2 Å². The monoisotopic (exact) mass is 386 g/mol. The minimum absolute atomic E-state index is 0.00884. The number of alkyl halides is 3. The highest BCUT2D eigenvalue weighted by Crippen LogP contribution is 2.52. The number of carbonyl (C=O) groups excluding carboxylic acids is 1. The molecule has 0 saturated carbocycles. The average Bonchev–Trinajstić information content (AvgIpc) is 3.45. The zero-order valence-electron chi connectivity index (χ0n) is 15.4. The molecular weight excluding hydrogens is 361 g/mol. The first kappa shape index (κ1) is 21.2. The molecule has 0 unspecified atom stereocenters. The number of hydrogen-bond donors (Lipinski definition) is 0. The van der Waals surface area contributed by atoms with Crippen LogP contribution in [-0.4, -0.2) is 25.9 Å². The van der Waals surface area contributed by atoms with E-state index in [0.717, 1.165) is 44.9 Å². The Morgan fingerprint density at radius 3 is 2.04 bits per heavy atom. The molecule has 0 aromatic heterocycles. The summed E-state index contributed by atoms with van der Waals surface area (Å²) in [5.41, 5.74) is -2.36. The van der Waals surface area contributed by atoms with E-state index in [9.17, 15) is 18.0 Å². The quantitative estimate of drug-likeness (QED) is 0.350. The molecule has 150 valence electrons. The van der Waals surface area contributed by atoms with Crippen molar-refractivity contribution in [2.75, 3.05) is 13.7 Å². The van der Waals surface area contributed by atoms with Gasteiger partial charge in [0.05, 0.1) is 13.7 Å². The molecule has 8 heteroatoms. The number of ether oxygens (including phenoxy) is 2. The molecule has 0 spiro atoms. The fraction of sp³-hybridized carbons (Fsp3) is 0.632. The number of rotatable bonds is 12. The molecule has 0 fully saturated rings. The van der Waals surface area contributed by atoms with Crippen LogP contribution in [0.5, 0.6) is 5.75 Å². The fourth-order valence-electron chi connectivity index (χ4n) is 2.77. The molecule has 5 nitrogen and oxygen atoms in total. The van der Waals surface area contributed by atoms with Gasteiger partial charge in [-0.25, -0.2) is 0 Å². The Kier molecular flexibility index (Phi) is 7.62. The number of hydrogen-bond acceptors (Lipinski definition) is 5. The fourth-order valence-corrected chi connectivity index (χ4v) is 2.77. The molecule has 0 aliphatic carbocycles. The first-order valence-electron chi connectivity index (χ1n) is 9.20. The Bertz CT molecular complexity index is 624. The summed E-state index contributed by atoms with van der Waals surface area (Å²) in [5, 5.41) is 6.35. The van der Waals surface area contributed by atoms with Gasteiger partial charge in [0.1, 0.15) is 5.75 Å². The number of nitrogens with zero attached hydrogens (tertiary/aromatic N) is 2. The highest BCUT2D eigenvalue weighted by atomic mass is 19.4. The lowest BCUT2D eigenvalue weighted by molar-refractivity contribution is -0.166. The van der Waals surface area contributed by atoms with Gasteiger partial charge in [-0.2, -0.15) is 13.2 Å². The Labute approximate surface area is 157 Å². The van der Waals surface area contributed by atoms with Crippen LogP contribution in [0.25, 0.3) is 0 Å². The smallest absolute Gasteiger partial charge is 0.442 e. The van der Waals surface area contributed by atoms with Crippen molar-refractivity contribution >= 4 is 5.97 Å². The molecule has 27 heavy (non-hydrogen) atoms. The summed E-state index contributed by atoms with van der Waals surface area (Å²) >= 11 is 0. The zero-order chi connectivity index (χ0) is 19.8. The van der Waals surface area contributed by atoms with Crippen molar-refractivity contribution in [3.8, 4) is 5.75 Å². The van der Waals surface area contributed by atoms with E-state index < -0.39 is 11.8 Å². The SMILES string of the molecule is COC(=O)CCCCCCCCCOc1ccc(C2(C(F)(F)F)N=N2)cc1. The van der Waals surface area contributed by atoms with Gasteiger partial charge >= 0.3 is 17.8 Å². The van der Waals surface area contributed by atoms with Gasteiger partial charge in [0, 0.05) is 12.0 Å². The second kappa shape index (κ2) is 9.71. The Morgan fingerprint density at radius 2 is 1.52 bits per heavy atom. The van der Waals surface area contributed by atoms with Crippen molar-refractivity contribution < 1.29 is 27.4 Å². The number of esters is 1. The summed E-state index contributed by atoms with van der Waals surface area (Å²) in [6.45, 7) is 0.529. The molecule has 1 aromatic carbocycles. The second-order valence-electron chi connectivity index (χ2n) is 6.54. The minimum Gasteiger partial charge on any atom is -0.494 e. The summed E-state index contributed by atoms with van der Waals surface area (Å²) in [4.78, 5) is 11.0. The van der Waals surface area contributed by atoms with Crippen molar-refractivity contribution in [3.63, 3.8) is 0 Å². The molecule has 1 aromatic rings. The van der Waals surface area contributed by atoms with Crippen molar-refractivity contribution in [2.45, 2.75) is 63.2 Å². The number of methoxy groups -OCH3 is 1. The lowest BCUT2D eigenvalue weighted by Crippen LogP contribution is -2.29. The van der Waals surface area contributed by atoms with Crippen molar-refractivity contribution in [2.24, 2.45) is 10.2 Å². The van der Waals surface area contributed by atoms with Crippen molar-refractivity contribution in [1.82, 2.24) is 0 Å². The Hall–Kier alpha value is -2.12. The summed E-state index contributed by atoms with van der Waals surface area (Å²) < 4.78 is 48.9. The second-order valence-corrected chi connectivity index (χ2v) is 6.54. The van der Waals surface area contributed by atoms with Gasteiger partial charge in [-0.15, -0.1) is 10.2 Å².